The molecule has 1 aliphatic carbocycles. The van der Waals surface area contributed by atoms with Crippen LogP contribution in [-0.4, -0.2) is 25.3 Å². The van der Waals surface area contributed by atoms with Crippen molar-refractivity contribution < 1.29 is 4.39 Å². The fraction of sp³-hybridized carbons (Fsp3) is 0.300. The van der Waals surface area contributed by atoms with Gasteiger partial charge in [-0.15, -0.1) is 0 Å². The lowest BCUT2D eigenvalue weighted by atomic mass is 10.2. The summed E-state index contributed by atoms with van der Waals surface area (Å²) in [6.07, 6.45) is 2.29. The van der Waals surface area contributed by atoms with E-state index in [9.17, 15) is 4.39 Å². The van der Waals surface area contributed by atoms with Crippen LogP contribution in [0.4, 0.5) is 4.39 Å². The van der Waals surface area contributed by atoms with Gasteiger partial charge in [0.05, 0.1) is 11.7 Å². The first-order valence-corrected chi connectivity index (χ1v) is 9.69. The molecule has 0 saturated heterocycles. The minimum atomic E-state index is -0.210. The first-order chi connectivity index (χ1) is 13.0. The predicted octanol–water partition coefficient (Wildman–Crippen LogP) is 5.03. The summed E-state index contributed by atoms with van der Waals surface area (Å²) in [4.78, 5) is 2.30. The van der Waals surface area contributed by atoms with Crippen LogP contribution in [0.2, 0.25) is 5.02 Å². The van der Waals surface area contributed by atoms with Gasteiger partial charge in [-0.2, -0.15) is 5.10 Å². The molecule has 0 amide bonds. The predicted molar refractivity (Wildman–Crippen MR) is 107 cm³/mol. The van der Waals surface area contributed by atoms with E-state index in [1.165, 1.54) is 6.07 Å². The normalized spacial score (nSPS) is 14.1. The van der Waals surface area contributed by atoms with E-state index in [1.54, 1.807) is 12.1 Å². The Bertz CT molecular complexity index is 1020. The molecule has 0 radical (unpaired) electrons. The Balaban J connectivity index is 1.62. The maximum absolute atomic E-state index is 13.5. The molecule has 1 fully saturated rings. The van der Waals surface area contributed by atoms with E-state index in [0.29, 0.717) is 29.0 Å². The zero-order chi connectivity index (χ0) is 19.0. The smallest absolute Gasteiger partial charge is 0.199 e. The summed E-state index contributed by atoms with van der Waals surface area (Å²) in [5.74, 6) is 0.533. The van der Waals surface area contributed by atoms with Gasteiger partial charge in [0.1, 0.15) is 5.82 Å². The zero-order valence-corrected chi connectivity index (χ0v) is 16.6. The molecule has 7 heteroatoms. The van der Waals surface area contributed by atoms with Crippen LogP contribution < -0.4 is 0 Å². The van der Waals surface area contributed by atoms with Crippen molar-refractivity contribution in [2.45, 2.75) is 32.1 Å². The maximum atomic E-state index is 13.5. The molecule has 0 spiro atoms. The van der Waals surface area contributed by atoms with E-state index in [1.807, 2.05) is 46.6 Å². The van der Waals surface area contributed by atoms with Crippen molar-refractivity contribution in [3.8, 4) is 11.4 Å². The standard InChI is InChI=1S/C20H20ClFN4S/c1-24-19(17-7-2-3-8-18(17)21)23-26(20(24)27)13-25(16-9-10-16)12-14-5-4-6-15(22)11-14/h2-8,11,16H,9-10,12-13H2,1H3. The minimum Gasteiger partial charge on any atom is -0.303 e. The van der Waals surface area contributed by atoms with Crippen LogP contribution in [-0.2, 0) is 20.3 Å². The van der Waals surface area contributed by atoms with Gasteiger partial charge < -0.3 is 4.57 Å². The number of nitrogens with zero attached hydrogens (tertiary/aromatic N) is 4. The Kier molecular flexibility index (Phi) is 5.12. The van der Waals surface area contributed by atoms with E-state index in [-0.39, 0.29) is 5.82 Å². The molecule has 4 rings (SSSR count). The van der Waals surface area contributed by atoms with Crippen LogP contribution in [0.1, 0.15) is 18.4 Å². The number of halogens is 2. The van der Waals surface area contributed by atoms with Gasteiger partial charge in [-0.25, -0.2) is 9.07 Å². The SMILES string of the molecule is Cn1c(-c2ccccc2Cl)nn(CN(Cc2cccc(F)c2)C2CC2)c1=S. The largest absolute Gasteiger partial charge is 0.303 e. The summed E-state index contributed by atoms with van der Waals surface area (Å²) in [6, 6.07) is 14.9. The second-order valence-electron chi connectivity index (χ2n) is 6.89. The molecule has 27 heavy (non-hydrogen) atoms. The van der Waals surface area contributed by atoms with E-state index in [2.05, 4.69) is 4.90 Å². The fourth-order valence-electron chi connectivity index (χ4n) is 3.23. The van der Waals surface area contributed by atoms with Gasteiger partial charge in [-0.1, -0.05) is 35.9 Å². The van der Waals surface area contributed by atoms with E-state index >= 15 is 0 Å². The molecule has 4 nitrogen and oxygen atoms in total. The van der Waals surface area contributed by atoms with Crippen molar-refractivity contribution in [2.24, 2.45) is 7.05 Å². The summed E-state index contributed by atoms with van der Waals surface area (Å²) < 4.78 is 17.9. The number of rotatable bonds is 6. The lowest BCUT2D eigenvalue weighted by molar-refractivity contribution is 0.186. The highest BCUT2D eigenvalue weighted by Gasteiger charge is 2.30. The molecule has 1 aliphatic rings. The molecule has 0 bridgehead atoms. The summed E-state index contributed by atoms with van der Waals surface area (Å²) in [7, 11) is 1.90. The third-order valence-electron chi connectivity index (χ3n) is 4.81. The Morgan fingerprint density at radius 3 is 2.70 bits per heavy atom. The van der Waals surface area contributed by atoms with Gasteiger partial charge in [0.2, 0.25) is 0 Å². The number of benzene rings is 2. The monoisotopic (exact) mass is 402 g/mol. The van der Waals surface area contributed by atoms with Crippen molar-refractivity contribution in [2.75, 3.05) is 0 Å². The molecule has 0 N–H and O–H groups in total. The fourth-order valence-corrected chi connectivity index (χ4v) is 3.64. The quantitative estimate of drug-likeness (QED) is 0.541. The Labute approximate surface area is 167 Å². The summed E-state index contributed by atoms with van der Waals surface area (Å²) >= 11 is 11.9. The highest BCUT2D eigenvalue weighted by molar-refractivity contribution is 7.71. The van der Waals surface area contributed by atoms with Crippen molar-refractivity contribution in [1.82, 2.24) is 19.2 Å². The van der Waals surface area contributed by atoms with Crippen LogP contribution in [0.25, 0.3) is 11.4 Å². The van der Waals surface area contributed by atoms with Gasteiger partial charge in [-0.3, -0.25) is 4.90 Å². The van der Waals surface area contributed by atoms with Crippen LogP contribution in [0.5, 0.6) is 0 Å². The lowest BCUT2D eigenvalue weighted by Gasteiger charge is -2.21. The second-order valence-corrected chi connectivity index (χ2v) is 7.67. The van der Waals surface area contributed by atoms with Gasteiger partial charge in [0.15, 0.2) is 10.6 Å². The molecule has 2 aromatic carbocycles. The van der Waals surface area contributed by atoms with Crippen LogP contribution >= 0.6 is 23.8 Å². The molecule has 0 atom stereocenters. The Morgan fingerprint density at radius 2 is 2.00 bits per heavy atom. The van der Waals surface area contributed by atoms with Crippen molar-refractivity contribution in [1.29, 1.82) is 0 Å². The summed E-state index contributed by atoms with van der Waals surface area (Å²) in [5, 5.41) is 5.37. The number of hydrogen-bond acceptors (Lipinski definition) is 3. The van der Waals surface area contributed by atoms with Gasteiger partial charge in [0.25, 0.3) is 0 Å². The van der Waals surface area contributed by atoms with Crippen LogP contribution in [0, 0.1) is 10.6 Å². The average molecular weight is 403 g/mol. The zero-order valence-electron chi connectivity index (χ0n) is 15.0. The third-order valence-corrected chi connectivity index (χ3v) is 5.62. The first-order valence-electron chi connectivity index (χ1n) is 8.90. The van der Waals surface area contributed by atoms with E-state index in [0.717, 1.165) is 29.8 Å². The third kappa shape index (κ3) is 3.98. The molecule has 140 valence electrons. The molecule has 3 aromatic rings. The van der Waals surface area contributed by atoms with Gasteiger partial charge in [-0.05, 0) is 54.9 Å². The van der Waals surface area contributed by atoms with E-state index in [4.69, 9.17) is 28.9 Å². The molecule has 0 aliphatic heterocycles. The first kappa shape index (κ1) is 18.3. The maximum Gasteiger partial charge on any atom is 0.199 e. The Morgan fingerprint density at radius 1 is 1.22 bits per heavy atom. The number of hydrogen-bond donors (Lipinski definition) is 0. The topological polar surface area (TPSA) is 26.0 Å². The molecular formula is C20H20ClFN4S. The molecular weight excluding hydrogens is 383 g/mol. The average Bonchev–Trinajstić information content (AvgIpc) is 3.45. The van der Waals surface area contributed by atoms with Gasteiger partial charge in [0, 0.05) is 25.2 Å². The highest BCUT2D eigenvalue weighted by atomic mass is 35.5. The number of aromatic nitrogens is 3. The highest BCUT2D eigenvalue weighted by Crippen LogP contribution is 2.30. The van der Waals surface area contributed by atoms with Crippen molar-refractivity contribution in [3.05, 3.63) is 69.7 Å². The molecule has 1 saturated carbocycles. The summed E-state index contributed by atoms with van der Waals surface area (Å²) in [5.41, 5.74) is 1.81. The lowest BCUT2D eigenvalue weighted by Crippen LogP contribution is -2.29. The molecule has 1 aromatic heterocycles. The van der Waals surface area contributed by atoms with Crippen molar-refractivity contribution >= 4 is 23.8 Å². The summed E-state index contributed by atoms with van der Waals surface area (Å²) in [6.45, 7) is 1.24. The molecule has 1 heterocycles. The molecule has 0 unspecified atom stereocenters. The Hall–Kier alpha value is -2.02. The van der Waals surface area contributed by atoms with E-state index < -0.39 is 0 Å². The van der Waals surface area contributed by atoms with Crippen LogP contribution in [0.15, 0.2) is 48.5 Å². The van der Waals surface area contributed by atoms with Gasteiger partial charge >= 0.3 is 0 Å². The van der Waals surface area contributed by atoms with Crippen LogP contribution in [0.3, 0.4) is 0 Å². The van der Waals surface area contributed by atoms with Crippen molar-refractivity contribution in [3.63, 3.8) is 0 Å². The minimum absolute atomic E-state index is 0.210. The second kappa shape index (κ2) is 7.54.